The highest BCUT2D eigenvalue weighted by molar-refractivity contribution is 9.10. The Balaban J connectivity index is 2.51. The van der Waals surface area contributed by atoms with Crippen LogP contribution in [0.5, 0.6) is 0 Å². The molecule has 0 spiro atoms. The van der Waals surface area contributed by atoms with Gasteiger partial charge in [-0.3, -0.25) is 4.79 Å². The number of carbonyl (C=O) groups excluding carboxylic acids is 3. The number of methoxy groups -OCH3 is 1. The second kappa shape index (κ2) is 10.7. The van der Waals surface area contributed by atoms with Crippen LogP contribution in [0.15, 0.2) is 34.8 Å². The molecule has 1 N–H and O–H groups in total. The van der Waals surface area contributed by atoms with Crippen LogP contribution in [0.2, 0.25) is 0 Å². The average molecular weight is 412 g/mol. The number of ether oxygens (including phenoxy) is 2. The molecule has 0 aliphatic rings. The fourth-order valence-corrected chi connectivity index (χ4v) is 2.39. The molecule has 1 aromatic rings. The van der Waals surface area contributed by atoms with E-state index in [0.29, 0.717) is 6.42 Å². The highest BCUT2D eigenvalue weighted by Crippen LogP contribution is 2.12. The Morgan fingerprint density at radius 3 is 2.64 bits per heavy atom. The highest BCUT2D eigenvalue weighted by Gasteiger charge is 2.26. The molecule has 2 atom stereocenters. The third kappa shape index (κ3) is 7.51. The first kappa shape index (κ1) is 20.9. The van der Waals surface area contributed by atoms with Crippen molar-refractivity contribution < 1.29 is 23.9 Å². The number of carbonyl (C=O) groups is 3. The lowest BCUT2D eigenvalue weighted by Gasteiger charge is -2.21. The van der Waals surface area contributed by atoms with Gasteiger partial charge in [-0.25, -0.2) is 9.59 Å². The Bertz CT molecular complexity index is 644. The summed E-state index contributed by atoms with van der Waals surface area (Å²) in [4.78, 5) is 35.3. The standard InChI is InChI=1S/C18H22BrNO5/c1-4-12(2)17(18(23)24-3)20-15(21)11-25-16(22)9-8-13-6-5-7-14(19)10-13/h5-10,12,17H,4,11H2,1-3H3,(H,20,21)/b9-8+/t12-,17+/m1/s1. The minimum Gasteiger partial charge on any atom is -0.467 e. The van der Waals surface area contributed by atoms with E-state index in [1.807, 2.05) is 38.1 Å². The molecule has 0 saturated heterocycles. The first-order valence-corrected chi connectivity index (χ1v) is 8.64. The highest BCUT2D eigenvalue weighted by atomic mass is 79.9. The maximum Gasteiger partial charge on any atom is 0.331 e. The van der Waals surface area contributed by atoms with Gasteiger partial charge in [-0.05, 0) is 29.7 Å². The summed E-state index contributed by atoms with van der Waals surface area (Å²) in [6.07, 6.45) is 3.51. The fraction of sp³-hybridized carbons (Fsp3) is 0.389. The fourth-order valence-electron chi connectivity index (χ4n) is 1.97. The van der Waals surface area contributed by atoms with E-state index >= 15 is 0 Å². The molecular formula is C18H22BrNO5. The van der Waals surface area contributed by atoms with Crippen LogP contribution in [0.3, 0.4) is 0 Å². The molecule has 1 rings (SSSR count). The van der Waals surface area contributed by atoms with Crippen LogP contribution in [0, 0.1) is 5.92 Å². The van der Waals surface area contributed by atoms with Crippen molar-refractivity contribution >= 4 is 39.9 Å². The molecule has 0 aliphatic heterocycles. The third-order valence-electron chi connectivity index (χ3n) is 3.59. The maximum atomic E-state index is 11.9. The molecule has 1 aromatic carbocycles. The molecule has 0 radical (unpaired) electrons. The largest absolute Gasteiger partial charge is 0.467 e. The van der Waals surface area contributed by atoms with Gasteiger partial charge >= 0.3 is 11.9 Å². The summed E-state index contributed by atoms with van der Waals surface area (Å²) in [6, 6.07) is 6.61. The average Bonchev–Trinajstić information content (AvgIpc) is 2.61. The molecule has 0 heterocycles. The van der Waals surface area contributed by atoms with Crippen molar-refractivity contribution in [3.63, 3.8) is 0 Å². The third-order valence-corrected chi connectivity index (χ3v) is 4.08. The van der Waals surface area contributed by atoms with Gasteiger partial charge in [0.2, 0.25) is 0 Å². The number of halogens is 1. The van der Waals surface area contributed by atoms with Gasteiger partial charge < -0.3 is 14.8 Å². The Morgan fingerprint density at radius 1 is 1.32 bits per heavy atom. The number of amides is 1. The number of benzene rings is 1. The monoisotopic (exact) mass is 411 g/mol. The van der Waals surface area contributed by atoms with Gasteiger partial charge in [0, 0.05) is 10.5 Å². The number of hydrogen-bond donors (Lipinski definition) is 1. The van der Waals surface area contributed by atoms with Gasteiger partial charge in [0.15, 0.2) is 6.61 Å². The number of nitrogens with one attached hydrogen (secondary N) is 1. The van der Waals surface area contributed by atoms with E-state index in [0.717, 1.165) is 10.0 Å². The smallest absolute Gasteiger partial charge is 0.331 e. The van der Waals surface area contributed by atoms with Crippen LogP contribution in [0.25, 0.3) is 6.08 Å². The first-order chi connectivity index (χ1) is 11.9. The van der Waals surface area contributed by atoms with Gasteiger partial charge in [-0.15, -0.1) is 0 Å². The zero-order chi connectivity index (χ0) is 18.8. The van der Waals surface area contributed by atoms with Gasteiger partial charge in [-0.1, -0.05) is 48.3 Å². The Hall–Kier alpha value is -2.15. The van der Waals surface area contributed by atoms with Crippen molar-refractivity contribution in [2.75, 3.05) is 13.7 Å². The molecule has 1 amide bonds. The van der Waals surface area contributed by atoms with Gasteiger partial charge in [0.05, 0.1) is 7.11 Å². The summed E-state index contributed by atoms with van der Waals surface area (Å²) in [5.41, 5.74) is 0.818. The van der Waals surface area contributed by atoms with Crippen LogP contribution in [0.1, 0.15) is 25.8 Å². The zero-order valence-electron chi connectivity index (χ0n) is 14.5. The minimum atomic E-state index is -0.765. The lowest BCUT2D eigenvalue weighted by atomic mass is 9.99. The van der Waals surface area contributed by atoms with Crippen LogP contribution >= 0.6 is 15.9 Å². The van der Waals surface area contributed by atoms with E-state index < -0.39 is 30.5 Å². The molecule has 0 aliphatic carbocycles. The number of esters is 2. The number of hydrogen-bond acceptors (Lipinski definition) is 5. The van der Waals surface area contributed by atoms with E-state index in [1.165, 1.54) is 13.2 Å². The molecule has 25 heavy (non-hydrogen) atoms. The van der Waals surface area contributed by atoms with Crippen molar-refractivity contribution in [3.05, 3.63) is 40.4 Å². The van der Waals surface area contributed by atoms with Crippen molar-refractivity contribution in [3.8, 4) is 0 Å². The van der Waals surface area contributed by atoms with Crippen LogP contribution in [0.4, 0.5) is 0 Å². The number of rotatable bonds is 8. The molecule has 7 heteroatoms. The summed E-state index contributed by atoms with van der Waals surface area (Å²) in [6.45, 7) is 3.26. The molecule has 0 aromatic heterocycles. The van der Waals surface area contributed by atoms with Crippen molar-refractivity contribution in [2.24, 2.45) is 5.92 Å². The Labute approximate surface area is 155 Å². The SMILES string of the molecule is CC[C@@H](C)[C@H](NC(=O)COC(=O)/C=C/c1cccc(Br)c1)C(=O)OC. The molecule has 0 saturated carbocycles. The summed E-state index contributed by atoms with van der Waals surface area (Å²) in [7, 11) is 1.26. The molecule has 136 valence electrons. The van der Waals surface area contributed by atoms with Gasteiger partial charge in [0.1, 0.15) is 6.04 Å². The normalized spacial score (nSPS) is 13.1. The van der Waals surface area contributed by atoms with Crippen LogP contribution in [-0.2, 0) is 23.9 Å². The molecule has 6 nitrogen and oxygen atoms in total. The summed E-state index contributed by atoms with van der Waals surface area (Å²) >= 11 is 3.34. The van der Waals surface area contributed by atoms with Gasteiger partial charge in [0.25, 0.3) is 5.91 Å². The van der Waals surface area contributed by atoms with Crippen LogP contribution < -0.4 is 5.32 Å². The summed E-state index contributed by atoms with van der Waals surface area (Å²) < 4.78 is 10.5. The lowest BCUT2D eigenvalue weighted by Crippen LogP contribution is -2.47. The predicted molar refractivity (Wildman–Crippen MR) is 97.5 cm³/mol. The molecule has 0 unspecified atom stereocenters. The topological polar surface area (TPSA) is 81.7 Å². The van der Waals surface area contributed by atoms with E-state index in [-0.39, 0.29) is 5.92 Å². The zero-order valence-corrected chi connectivity index (χ0v) is 16.0. The van der Waals surface area contributed by atoms with Crippen molar-refractivity contribution in [1.29, 1.82) is 0 Å². The second-order valence-electron chi connectivity index (χ2n) is 5.45. The summed E-state index contributed by atoms with van der Waals surface area (Å²) in [5, 5.41) is 2.53. The van der Waals surface area contributed by atoms with E-state index in [1.54, 1.807) is 6.08 Å². The first-order valence-electron chi connectivity index (χ1n) is 7.85. The summed E-state index contributed by atoms with van der Waals surface area (Å²) in [5.74, 6) is -1.82. The second-order valence-corrected chi connectivity index (χ2v) is 6.37. The molecular weight excluding hydrogens is 390 g/mol. The molecule has 0 bridgehead atoms. The Kier molecular flexibility index (Phi) is 8.91. The van der Waals surface area contributed by atoms with Crippen LogP contribution in [-0.4, -0.2) is 37.6 Å². The predicted octanol–water partition coefficient (Wildman–Crippen LogP) is 2.71. The van der Waals surface area contributed by atoms with Crippen molar-refractivity contribution in [1.82, 2.24) is 5.32 Å². The quantitative estimate of drug-likeness (QED) is 0.525. The molecule has 0 fully saturated rings. The lowest BCUT2D eigenvalue weighted by molar-refractivity contribution is -0.148. The maximum absolute atomic E-state index is 11.9. The van der Waals surface area contributed by atoms with Gasteiger partial charge in [-0.2, -0.15) is 0 Å². The minimum absolute atomic E-state index is 0.0940. The van der Waals surface area contributed by atoms with E-state index in [2.05, 4.69) is 26.0 Å². The van der Waals surface area contributed by atoms with E-state index in [4.69, 9.17) is 4.74 Å². The Morgan fingerprint density at radius 2 is 2.04 bits per heavy atom. The van der Waals surface area contributed by atoms with Crippen molar-refractivity contribution in [2.45, 2.75) is 26.3 Å². The van der Waals surface area contributed by atoms with E-state index in [9.17, 15) is 14.4 Å².